The lowest BCUT2D eigenvalue weighted by Gasteiger charge is -2.05. The van der Waals surface area contributed by atoms with Crippen molar-refractivity contribution in [3.63, 3.8) is 0 Å². The summed E-state index contributed by atoms with van der Waals surface area (Å²) in [5, 5.41) is 0. The molecule has 0 N–H and O–H groups in total. The van der Waals surface area contributed by atoms with Crippen LogP contribution < -0.4 is 0 Å². The highest BCUT2D eigenvalue weighted by Gasteiger charge is 1.97. The van der Waals surface area contributed by atoms with Gasteiger partial charge in [0.05, 0.1) is 0 Å². The summed E-state index contributed by atoms with van der Waals surface area (Å²) in [7, 11) is 0. The minimum Gasteiger partial charge on any atom is -0.449 e. The van der Waals surface area contributed by atoms with Crippen LogP contribution in [0.3, 0.4) is 0 Å². The molecule has 0 heterocycles. The molecule has 1 unspecified atom stereocenters. The van der Waals surface area contributed by atoms with Crippen molar-refractivity contribution in [2.45, 2.75) is 40.0 Å². The lowest BCUT2D eigenvalue weighted by molar-refractivity contribution is -0.136. The normalized spacial score (nSPS) is 12.3. The van der Waals surface area contributed by atoms with Gasteiger partial charge in [-0.15, -0.1) is 6.42 Å². The van der Waals surface area contributed by atoms with Crippen molar-refractivity contribution < 1.29 is 9.53 Å². The number of rotatable bonds is 8. The zero-order chi connectivity index (χ0) is 14.5. The van der Waals surface area contributed by atoms with Crippen molar-refractivity contribution >= 4 is 5.97 Å². The minimum atomic E-state index is -0.404. The molecule has 0 bridgehead atoms. The molecule has 104 valence electrons. The molecule has 0 saturated carbocycles. The van der Waals surface area contributed by atoms with Gasteiger partial charge in [0.15, 0.2) is 6.61 Å². The third-order valence-corrected chi connectivity index (χ3v) is 2.53. The summed E-state index contributed by atoms with van der Waals surface area (Å²) in [5.74, 6) is 2.49. The molecule has 0 saturated heterocycles. The van der Waals surface area contributed by atoms with Gasteiger partial charge < -0.3 is 4.74 Å². The smallest absolute Gasteiger partial charge is 0.331 e. The molecule has 2 heteroatoms. The van der Waals surface area contributed by atoms with Crippen molar-refractivity contribution in [3.05, 3.63) is 36.0 Å². The fraction of sp³-hybridized carbons (Fsp3) is 0.471. The molecule has 0 aliphatic heterocycles. The summed E-state index contributed by atoms with van der Waals surface area (Å²) >= 11 is 0. The molecule has 19 heavy (non-hydrogen) atoms. The SMILES string of the molecule is C#CCOC(=O)/C=C/C=C/CC(C)CCC=C(C)C. The predicted octanol–water partition coefficient (Wildman–Crippen LogP) is 4.05. The first-order chi connectivity index (χ1) is 9.06. The van der Waals surface area contributed by atoms with E-state index in [-0.39, 0.29) is 6.61 Å². The third-order valence-electron chi connectivity index (χ3n) is 2.53. The standard InChI is InChI=1S/C17H24O2/c1-5-14-19-17(18)13-8-6-7-11-16(4)12-9-10-15(2)3/h1,6-8,10,13,16H,9,11-12,14H2,2-4H3/b7-6+,13-8+. The molecule has 0 rings (SSSR count). The molecule has 0 aliphatic carbocycles. The largest absolute Gasteiger partial charge is 0.449 e. The highest BCUT2D eigenvalue weighted by molar-refractivity contribution is 5.82. The van der Waals surface area contributed by atoms with Crippen molar-refractivity contribution in [2.24, 2.45) is 5.92 Å². The van der Waals surface area contributed by atoms with Crippen LogP contribution in [0.15, 0.2) is 36.0 Å². The monoisotopic (exact) mass is 260 g/mol. The Labute approximate surface area is 117 Å². The average molecular weight is 260 g/mol. The third kappa shape index (κ3) is 12.5. The van der Waals surface area contributed by atoms with Crippen LogP contribution in [0, 0.1) is 18.3 Å². The number of allylic oxidation sites excluding steroid dienone is 5. The Morgan fingerprint density at radius 2 is 2.11 bits per heavy atom. The maximum Gasteiger partial charge on any atom is 0.331 e. The Morgan fingerprint density at radius 3 is 2.74 bits per heavy atom. The lowest BCUT2D eigenvalue weighted by Crippen LogP contribution is -1.99. The van der Waals surface area contributed by atoms with Crippen LogP contribution >= 0.6 is 0 Å². The Balaban J connectivity index is 3.78. The van der Waals surface area contributed by atoms with Gasteiger partial charge in [-0.3, -0.25) is 0 Å². The van der Waals surface area contributed by atoms with E-state index in [0.29, 0.717) is 5.92 Å². The van der Waals surface area contributed by atoms with Gasteiger partial charge in [-0.05, 0) is 39.0 Å². The second kappa shape index (κ2) is 11.3. The molecule has 2 nitrogen and oxygen atoms in total. The summed E-state index contributed by atoms with van der Waals surface area (Å²) in [6.07, 6.45) is 17.6. The minimum absolute atomic E-state index is 0.0221. The number of carbonyl (C=O) groups is 1. The number of hydrogen-bond donors (Lipinski definition) is 0. The zero-order valence-electron chi connectivity index (χ0n) is 12.2. The Bertz CT molecular complexity index is 377. The van der Waals surface area contributed by atoms with Gasteiger partial charge in [-0.1, -0.05) is 42.7 Å². The van der Waals surface area contributed by atoms with E-state index in [1.54, 1.807) is 6.08 Å². The Kier molecular flexibility index (Phi) is 10.3. The number of hydrogen-bond acceptors (Lipinski definition) is 2. The van der Waals surface area contributed by atoms with Gasteiger partial charge in [0, 0.05) is 6.08 Å². The summed E-state index contributed by atoms with van der Waals surface area (Å²) in [4.78, 5) is 11.1. The van der Waals surface area contributed by atoms with Gasteiger partial charge in [-0.2, -0.15) is 0 Å². The first kappa shape index (κ1) is 17.2. The van der Waals surface area contributed by atoms with E-state index in [9.17, 15) is 4.79 Å². The Hall–Kier alpha value is -1.75. The second-order valence-corrected chi connectivity index (χ2v) is 4.80. The van der Waals surface area contributed by atoms with Crippen LogP contribution in [0.25, 0.3) is 0 Å². The van der Waals surface area contributed by atoms with Crippen molar-refractivity contribution in [1.29, 1.82) is 0 Å². The maximum atomic E-state index is 11.1. The van der Waals surface area contributed by atoms with Gasteiger partial charge in [0.2, 0.25) is 0 Å². The molecule has 0 aliphatic rings. The predicted molar refractivity (Wildman–Crippen MR) is 80.5 cm³/mol. The van der Waals surface area contributed by atoms with E-state index in [0.717, 1.165) is 12.8 Å². The molecule has 0 fully saturated rings. The number of terminal acetylenes is 1. The van der Waals surface area contributed by atoms with Crippen molar-refractivity contribution in [1.82, 2.24) is 0 Å². The molecular formula is C17H24O2. The molecule has 0 radical (unpaired) electrons. The molecule has 0 aromatic heterocycles. The quantitative estimate of drug-likeness (QED) is 0.216. The lowest BCUT2D eigenvalue weighted by atomic mass is 10.0. The average Bonchev–Trinajstić information content (AvgIpc) is 2.35. The highest BCUT2D eigenvalue weighted by atomic mass is 16.5. The van der Waals surface area contributed by atoms with Crippen LogP contribution in [-0.4, -0.2) is 12.6 Å². The van der Waals surface area contributed by atoms with Gasteiger partial charge in [0.1, 0.15) is 0 Å². The molecule has 0 spiro atoms. The van der Waals surface area contributed by atoms with E-state index < -0.39 is 5.97 Å². The first-order valence-corrected chi connectivity index (χ1v) is 6.63. The molecular weight excluding hydrogens is 236 g/mol. The van der Waals surface area contributed by atoms with E-state index in [4.69, 9.17) is 11.2 Å². The zero-order valence-corrected chi connectivity index (χ0v) is 12.2. The fourth-order valence-corrected chi connectivity index (χ4v) is 1.46. The van der Waals surface area contributed by atoms with Crippen LogP contribution in [-0.2, 0) is 9.53 Å². The van der Waals surface area contributed by atoms with Crippen molar-refractivity contribution in [2.75, 3.05) is 6.61 Å². The highest BCUT2D eigenvalue weighted by Crippen LogP contribution is 2.12. The Morgan fingerprint density at radius 1 is 1.37 bits per heavy atom. The fourth-order valence-electron chi connectivity index (χ4n) is 1.46. The maximum absolute atomic E-state index is 11.1. The van der Waals surface area contributed by atoms with Crippen LogP contribution in [0.4, 0.5) is 0 Å². The van der Waals surface area contributed by atoms with E-state index in [1.807, 2.05) is 6.08 Å². The van der Waals surface area contributed by atoms with Crippen LogP contribution in [0.2, 0.25) is 0 Å². The molecule has 0 aromatic rings. The summed E-state index contributed by atoms with van der Waals surface area (Å²) in [6.45, 7) is 6.49. The number of ether oxygens (including phenoxy) is 1. The number of esters is 1. The van der Waals surface area contributed by atoms with Gasteiger partial charge >= 0.3 is 5.97 Å². The van der Waals surface area contributed by atoms with Gasteiger partial charge in [0.25, 0.3) is 0 Å². The van der Waals surface area contributed by atoms with Crippen LogP contribution in [0.1, 0.15) is 40.0 Å². The summed E-state index contributed by atoms with van der Waals surface area (Å²) in [6, 6.07) is 0. The van der Waals surface area contributed by atoms with Crippen molar-refractivity contribution in [3.8, 4) is 12.3 Å². The second-order valence-electron chi connectivity index (χ2n) is 4.80. The topological polar surface area (TPSA) is 26.3 Å². The van der Waals surface area contributed by atoms with E-state index >= 15 is 0 Å². The van der Waals surface area contributed by atoms with Crippen LogP contribution in [0.5, 0.6) is 0 Å². The molecule has 0 aromatic carbocycles. The summed E-state index contributed by atoms with van der Waals surface area (Å²) in [5.41, 5.74) is 1.37. The molecule has 0 amide bonds. The number of carbonyl (C=O) groups excluding carboxylic acids is 1. The van der Waals surface area contributed by atoms with E-state index in [1.165, 1.54) is 18.1 Å². The summed E-state index contributed by atoms with van der Waals surface area (Å²) < 4.78 is 4.69. The first-order valence-electron chi connectivity index (χ1n) is 6.63. The van der Waals surface area contributed by atoms with E-state index in [2.05, 4.69) is 38.8 Å². The van der Waals surface area contributed by atoms with Gasteiger partial charge in [-0.25, -0.2) is 4.79 Å². The molecule has 1 atom stereocenters.